The fraction of sp³-hybridized carbons (Fsp3) is 0.520. The standard InChI is InChI=1S/C25H26F4N8O2/c1-38-23-22-21(13-2-3-19-20(6-13)37(34-32-19)14-7-25(28,29)8-14)17(27)10-36(22)33-24(31-23)30-18-4-5-35(9-16(18)26)15-11-39-12-15/h2-3,6,10,14-16,18H,4-5,7-9,11-12H2,1H3,(H,30,33)/t16-,18+/m0/s1. The average Bonchev–Trinajstić information content (AvgIpc) is 3.42. The molecule has 2 saturated heterocycles. The Labute approximate surface area is 219 Å². The van der Waals surface area contributed by atoms with Gasteiger partial charge in [-0.2, -0.15) is 4.98 Å². The van der Waals surface area contributed by atoms with Gasteiger partial charge in [0.2, 0.25) is 11.8 Å². The van der Waals surface area contributed by atoms with E-state index in [2.05, 4.69) is 30.6 Å². The van der Waals surface area contributed by atoms with E-state index in [1.165, 1.54) is 22.5 Å². The number of methoxy groups -OCH3 is 1. The molecule has 0 bridgehead atoms. The zero-order valence-electron chi connectivity index (χ0n) is 21.0. The van der Waals surface area contributed by atoms with Crippen molar-refractivity contribution in [3.8, 4) is 17.0 Å². The Morgan fingerprint density at radius 3 is 2.69 bits per heavy atom. The van der Waals surface area contributed by atoms with Gasteiger partial charge in [-0.15, -0.1) is 10.2 Å². The normalized spacial score (nSPS) is 24.1. The Balaban J connectivity index is 1.20. The number of aromatic nitrogens is 6. The predicted molar refractivity (Wildman–Crippen MR) is 132 cm³/mol. The molecule has 14 heteroatoms. The van der Waals surface area contributed by atoms with E-state index >= 15 is 8.78 Å². The minimum absolute atomic E-state index is 0.108. The highest BCUT2D eigenvalue weighted by Crippen LogP contribution is 2.46. The first-order chi connectivity index (χ1) is 18.8. The maximum absolute atomic E-state index is 15.4. The average molecular weight is 547 g/mol. The Hall–Kier alpha value is -3.52. The van der Waals surface area contributed by atoms with Crippen molar-refractivity contribution in [3.63, 3.8) is 0 Å². The highest BCUT2D eigenvalue weighted by Gasteiger charge is 2.47. The Bertz CT molecular complexity index is 1550. The second kappa shape index (κ2) is 9.01. The number of anilines is 1. The number of alkyl halides is 3. The van der Waals surface area contributed by atoms with Crippen molar-refractivity contribution in [2.24, 2.45) is 0 Å². The van der Waals surface area contributed by atoms with E-state index in [0.717, 1.165) is 6.54 Å². The van der Waals surface area contributed by atoms with Gasteiger partial charge in [-0.05, 0) is 24.1 Å². The molecule has 1 aliphatic carbocycles. The topological polar surface area (TPSA) is 94.6 Å². The van der Waals surface area contributed by atoms with Crippen molar-refractivity contribution in [1.82, 2.24) is 34.5 Å². The molecule has 3 aromatic heterocycles. The van der Waals surface area contributed by atoms with Crippen LogP contribution in [-0.2, 0) is 4.74 Å². The lowest BCUT2D eigenvalue weighted by atomic mass is 9.88. The summed E-state index contributed by atoms with van der Waals surface area (Å²) in [7, 11) is 1.41. The summed E-state index contributed by atoms with van der Waals surface area (Å²) in [6.45, 7) is 2.28. The molecule has 0 amide bonds. The molecular formula is C25H26F4N8O2. The molecule has 0 unspecified atom stereocenters. The molecule has 2 aliphatic heterocycles. The van der Waals surface area contributed by atoms with Crippen LogP contribution in [0.1, 0.15) is 25.3 Å². The van der Waals surface area contributed by atoms with Crippen LogP contribution in [0.3, 0.4) is 0 Å². The van der Waals surface area contributed by atoms with E-state index in [4.69, 9.17) is 9.47 Å². The maximum atomic E-state index is 15.4. The van der Waals surface area contributed by atoms with Crippen molar-refractivity contribution in [3.05, 3.63) is 30.2 Å². The van der Waals surface area contributed by atoms with Crippen molar-refractivity contribution in [2.75, 3.05) is 38.7 Å². The van der Waals surface area contributed by atoms with Gasteiger partial charge >= 0.3 is 0 Å². The van der Waals surface area contributed by atoms with Gasteiger partial charge in [0.1, 0.15) is 17.2 Å². The van der Waals surface area contributed by atoms with Gasteiger partial charge < -0.3 is 14.8 Å². The number of hydrogen-bond donors (Lipinski definition) is 1. The third kappa shape index (κ3) is 4.16. The molecule has 5 heterocycles. The molecule has 7 rings (SSSR count). The van der Waals surface area contributed by atoms with Crippen molar-refractivity contribution < 1.29 is 27.0 Å². The number of nitrogens with zero attached hydrogens (tertiary/aromatic N) is 7. The summed E-state index contributed by atoms with van der Waals surface area (Å²) >= 11 is 0. The summed E-state index contributed by atoms with van der Waals surface area (Å²) in [5.74, 6) is -3.06. The van der Waals surface area contributed by atoms with Gasteiger partial charge in [0.25, 0.3) is 5.92 Å². The number of nitrogens with one attached hydrogen (secondary N) is 1. The third-order valence-electron chi connectivity index (χ3n) is 7.94. The molecule has 4 aromatic rings. The Morgan fingerprint density at radius 2 is 2.00 bits per heavy atom. The first-order valence-corrected chi connectivity index (χ1v) is 12.9. The van der Waals surface area contributed by atoms with Gasteiger partial charge in [-0.25, -0.2) is 26.8 Å². The van der Waals surface area contributed by atoms with Crippen LogP contribution in [0.4, 0.5) is 23.5 Å². The summed E-state index contributed by atoms with van der Waals surface area (Å²) in [5, 5.41) is 15.6. The van der Waals surface area contributed by atoms with Gasteiger partial charge in [0.15, 0.2) is 5.82 Å². The highest BCUT2D eigenvalue weighted by molar-refractivity contribution is 5.89. The molecule has 1 saturated carbocycles. The second-order valence-electron chi connectivity index (χ2n) is 10.5. The molecule has 2 atom stereocenters. The minimum atomic E-state index is -2.72. The van der Waals surface area contributed by atoms with Gasteiger partial charge in [-0.3, -0.25) is 4.90 Å². The number of hydrogen-bond acceptors (Lipinski definition) is 8. The molecule has 0 radical (unpaired) electrons. The molecular weight excluding hydrogens is 520 g/mol. The van der Waals surface area contributed by atoms with Crippen molar-refractivity contribution in [1.29, 1.82) is 0 Å². The first-order valence-electron chi connectivity index (χ1n) is 12.9. The summed E-state index contributed by atoms with van der Waals surface area (Å²) in [5.41, 5.74) is 1.98. The van der Waals surface area contributed by atoms with Crippen LogP contribution in [-0.4, -0.2) is 92.1 Å². The number of fused-ring (bicyclic) bond motifs is 2. The van der Waals surface area contributed by atoms with Crippen LogP contribution >= 0.6 is 0 Å². The second-order valence-corrected chi connectivity index (χ2v) is 10.5. The van der Waals surface area contributed by atoms with E-state index in [1.807, 2.05) is 0 Å². The summed E-state index contributed by atoms with van der Waals surface area (Å²) < 4.78 is 70.9. The summed E-state index contributed by atoms with van der Waals surface area (Å²) in [6, 6.07) is 4.30. The molecule has 3 aliphatic rings. The molecule has 1 N–H and O–H groups in total. The lowest BCUT2D eigenvalue weighted by Crippen LogP contribution is -2.57. The number of rotatable bonds is 6. The molecule has 3 fully saturated rings. The predicted octanol–water partition coefficient (Wildman–Crippen LogP) is 3.48. The van der Waals surface area contributed by atoms with E-state index in [9.17, 15) is 8.78 Å². The van der Waals surface area contributed by atoms with Gasteiger partial charge in [-0.1, -0.05) is 11.3 Å². The zero-order chi connectivity index (χ0) is 26.9. The maximum Gasteiger partial charge on any atom is 0.252 e. The van der Waals surface area contributed by atoms with Crippen LogP contribution in [0.25, 0.3) is 27.7 Å². The largest absolute Gasteiger partial charge is 0.479 e. The lowest BCUT2D eigenvalue weighted by molar-refractivity contribution is -0.106. The van der Waals surface area contributed by atoms with Crippen LogP contribution in [0.15, 0.2) is 24.4 Å². The molecule has 10 nitrogen and oxygen atoms in total. The number of ether oxygens (including phenoxy) is 2. The van der Waals surface area contributed by atoms with Crippen molar-refractivity contribution >= 4 is 22.5 Å². The van der Waals surface area contributed by atoms with Crippen molar-refractivity contribution in [2.45, 2.75) is 49.5 Å². The molecule has 39 heavy (non-hydrogen) atoms. The molecule has 1 aromatic carbocycles. The fourth-order valence-corrected chi connectivity index (χ4v) is 5.69. The lowest BCUT2D eigenvalue weighted by Gasteiger charge is -2.42. The smallest absolute Gasteiger partial charge is 0.252 e. The van der Waals surface area contributed by atoms with E-state index < -0.39 is 30.0 Å². The van der Waals surface area contributed by atoms with Gasteiger partial charge in [0.05, 0.1) is 55.7 Å². The van der Waals surface area contributed by atoms with E-state index in [-0.39, 0.29) is 41.8 Å². The number of benzene rings is 1. The van der Waals surface area contributed by atoms with E-state index in [1.54, 1.807) is 18.2 Å². The van der Waals surface area contributed by atoms with Crippen LogP contribution < -0.4 is 10.1 Å². The number of halogens is 4. The molecule has 206 valence electrons. The van der Waals surface area contributed by atoms with Crippen LogP contribution in [0, 0.1) is 5.82 Å². The Morgan fingerprint density at radius 1 is 1.18 bits per heavy atom. The minimum Gasteiger partial charge on any atom is -0.479 e. The molecule has 0 spiro atoms. The van der Waals surface area contributed by atoms with Gasteiger partial charge in [0, 0.05) is 25.9 Å². The highest BCUT2D eigenvalue weighted by atomic mass is 19.3. The number of piperidine rings is 1. The number of likely N-dealkylation sites (tertiary alicyclic amines) is 1. The SMILES string of the molecule is COc1nc(N[C@@H]2CCN(C3COC3)C[C@@H]2F)nn2cc(F)c(-c3ccc4nnn(C5CC(F)(F)C5)c4c3)c12. The Kier molecular flexibility index (Phi) is 5.67. The van der Waals surface area contributed by atoms with E-state index in [0.29, 0.717) is 42.8 Å². The first kappa shape index (κ1) is 24.5. The van der Waals surface area contributed by atoms with Crippen LogP contribution in [0.2, 0.25) is 0 Å². The fourth-order valence-electron chi connectivity index (χ4n) is 5.69. The summed E-state index contributed by atoms with van der Waals surface area (Å²) in [6.07, 6.45) is -0.00318. The zero-order valence-corrected chi connectivity index (χ0v) is 21.0. The quantitative estimate of drug-likeness (QED) is 0.368. The summed E-state index contributed by atoms with van der Waals surface area (Å²) in [4.78, 5) is 6.52. The monoisotopic (exact) mass is 546 g/mol. The third-order valence-corrected chi connectivity index (χ3v) is 7.94. The van der Waals surface area contributed by atoms with Crippen LogP contribution in [0.5, 0.6) is 5.88 Å².